The molecule has 15 heteroatoms. The molecule has 43 heavy (non-hydrogen) atoms. The van der Waals surface area contributed by atoms with E-state index in [4.69, 9.17) is 21.1 Å². The maximum absolute atomic E-state index is 12.3. The van der Waals surface area contributed by atoms with Gasteiger partial charge in [-0.3, -0.25) is 20.2 Å². The first kappa shape index (κ1) is 34.7. The van der Waals surface area contributed by atoms with E-state index in [1.165, 1.54) is 68.8 Å². The largest absolute Gasteiger partial charge is 0.497 e. The highest BCUT2D eigenvalue weighted by Crippen LogP contribution is 2.27. The molecule has 0 aliphatic rings. The highest BCUT2D eigenvalue weighted by molar-refractivity contribution is 7.92. The van der Waals surface area contributed by atoms with E-state index in [1.807, 2.05) is 0 Å². The van der Waals surface area contributed by atoms with E-state index in [9.17, 15) is 37.1 Å². The monoisotopic (exact) mass is 650 g/mol. The summed E-state index contributed by atoms with van der Waals surface area (Å²) in [5.74, 6) is 0.541. The minimum Gasteiger partial charge on any atom is -0.497 e. The fourth-order valence-corrected chi connectivity index (χ4v) is 5.75. The molecule has 0 saturated carbocycles. The first-order valence-electron chi connectivity index (χ1n) is 12.1. The predicted molar refractivity (Wildman–Crippen MR) is 161 cm³/mol. The van der Waals surface area contributed by atoms with Gasteiger partial charge in [-0.15, -0.1) is 11.6 Å². The Bertz CT molecular complexity index is 1720. The summed E-state index contributed by atoms with van der Waals surface area (Å²) >= 11 is 5.24. The van der Waals surface area contributed by atoms with E-state index in [0.717, 1.165) is 0 Å². The van der Waals surface area contributed by atoms with Crippen molar-refractivity contribution in [3.63, 3.8) is 0 Å². The lowest BCUT2D eigenvalue weighted by molar-refractivity contribution is -0.385. The molecule has 0 unspecified atom stereocenters. The van der Waals surface area contributed by atoms with E-state index < -0.39 is 35.3 Å². The molecule has 0 radical (unpaired) electrons. The molecule has 0 saturated heterocycles. The van der Waals surface area contributed by atoms with Gasteiger partial charge in [0, 0.05) is 23.8 Å². The minimum atomic E-state index is -3.65. The minimum absolute atomic E-state index is 0.0748. The number of benzene rings is 4. The number of methoxy groups -OCH3 is 2. The van der Waals surface area contributed by atoms with Gasteiger partial charge in [-0.05, 0) is 48.5 Å². The van der Waals surface area contributed by atoms with E-state index in [1.54, 1.807) is 48.5 Å². The quantitative estimate of drug-likeness (QED) is 0.122. The molecular formula is C28H27ClN2O10S2. The molecule has 12 nitrogen and oxygen atoms in total. The molecule has 0 atom stereocenters. The maximum atomic E-state index is 12.3. The van der Waals surface area contributed by atoms with Crippen LogP contribution >= 0.6 is 11.6 Å². The number of alkyl halides is 1. The van der Waals surface area contributed by atoms with Crippen LogP contribution in [0.25, 0.3) is 0 Å². The zero-order chi connectivity index (χ0) is 32.0. The molecule has 0 bridgehead atoms. The SMILES string of the molecule is COc1ccc([N+](=O)[O-])c(CS(=O)(=O)c2ccccc2)c1.COc1ccc([N+](=O)[O-])cc1.O=S(=O)(CCl)c1ccccc1. The second-order valence-electron chi connectivity index (χ2n) is 8.32. The number of rotatable bonds is 9. The second-order valence-corrected chi connectivity index (χ2v) is 12.9. The molecule has 0 fully saturated rings. The van der Waals surface area contributed by atoms with Crippen LogP contribution < -0.4 is 9.47 Å². The van der Waals surface area contributed by atoms with Crippen molar-refractivity contribution >= 4 is 42.7 Å². The summed E-state index contributed by atoms with van der Waals surface area (Å²) in [7, 11) is -3.96. The number of ether oxygens (including phenoxy) is 2. The number of nitrogens with zero attached hydrogens (tertiary/aromatic N) is 2. The third-order valence-corrected chi connectivity index (χ3v) is 9.28. The molecule has 0 spiro atoms. The average molecular weight is 651 g/mol. The number of sulfone groups is 2. The fraction of sp³-hybridized carbons (Fsp3) is 0.143. The van der Waals surface area contributed by atoms with Crippen LogP contribution in [-0.2, 0) is 25.4 Å². The van der Waals surface area contributed by atoms with Crippen molar-refractivity contribution in [3.8, 4) is 11.5 Å². The first-order valence-corrected chi connectivity index (χ1v) is 15.9. The third-order valence-electron chi connectivity index (χ3n) is 5.46. The van der Waals surface area contributed by atoms with Gasteiger partial charge in [-0.2, -0.15) is 0 Å². The summed E-state index contributed by atoms with van der Waals surface area (Å²) < 4.78 is 56.6. The van der Waals surface area contributed by atoms with Crippen molar-refractivity contribution in [2.24, 2.45) is 0 Å². The van der Waals surface area contributed by atoms with Crippen molar-refractivity contribution in [2.45, 2.75) is 15.5 Å². The predicted octanol–water partition coefficient (Wildman–Crippen LogP) is 5.84. The Morgan fingerprint density at radius 1 is 0.651 bits per heavy atom. The Morgan fingerprint density at radius 2 is 1.12 bits per heavy atom. The van der Waals surface area contributed by atoms with Crippen LogP contribution in [-0.4, -0.2) is 46.1 Å². The van der Waals surface area contributed by atoms with Gasteiger partial charge in [0.25, 0.3) is 11.4 Å². The highest BCUT2D eigenvalue weighted by atomic mass is 35.5. The van der Waals surface area contributed by atoms with Gasteiger partial charge < -0.3 is 9.47 Å². The van der Waals surface area contributed by atoms with Crippen LogP contribution in [0.1, 0.15) is 5.56 Å². The Labute approximate surface area is 253 Å². The third kappa shape index (κ3) is 10.7. The van der Waals surface area contributed by atoms with E-state index in [2.05, 4.69) is 0 Å². The molecule has 0 amide bonds. The van der Waals surface area contributed by atoms with Crippen molar-refractivity contribution in [1.29, 1.82) is 0 Å². The number of hydrogen-bond donors (Lipinski definition) is 0. The van der Waals surface area contributed by atoms with Crippen LogP contribution in [0, 0.1) is 20.2 Å². The summed E-state index contributed by atoms with van der Waals surface area (Å²) in [6.45, 7) is 0. The van der Waals surface area contributed by atoms with Crippen LogP contribution in [0.2, 0.25) is 0 Å². The number of hydrogen-bond acceptors (Lipinski definition) is 10. The van der Waals surface area contributed by atoms with Gasteiger partial charge in [0.2, 0.25) is 0 Å². The lowest BCUT2D eigenvalue weighted by Crippen LogP contribution is -2.07. The molecule has 0 aliphatic heterocycles. The normalized spacial score (nSPS) is 10.7. The zero-order valence-electron chi connectivity index (χ0n) is 22.9. The zero-order valence-corrected chi connectivity index (χ0v) is 25.3. The van der Waals surface area contributed by atoms with Crippen molar-refractivity contribution in [1.82, 2.24) is 0 Å². The molecule has 0 aromatic heterocycles. The van der Waals surface area contributed by atoms with Crippen molar-refractivity contribution in [2.75, 3.05) is 19.4 Å². The molecule has 4 aromatic rings. The molecule has 0 N–H and O–H groups in total. The summed E-state index contributed by atoms with van der Waals surface area (Å²) in [6, 6.07) is 25.9. The van der Waals surface area contributed by atoms with Gasteiger partial charge in [-0.25, -0.2) is 16.8 Å². The summed E-state index contributed by atoms with van der Waals surface area (Å²) in [4.78, 5) is 20.5. The Hall–Kier alpha value is -4.53. The Balaban J connectivity index is 0.000000247. The first-order chi connectivity index (χ1) is 20.3. The van der Waals surface area contributed by atoms with Gasteiger partial charge >= 0.3 is 0 Å². The van der Waals surface area contributed by atoms with Crippen molar-refractivity contribution in [3.05, 3.63) is 129 Å². The van der Waals surface area contributed by atoms with Crippen molar-refractivity contribution < 1.29 is 36.2 Å². The van der Waals surface area contributed by atoms with Gasteiger partial charge in [-0.1, -0.05) is 36.4 Å². The van der Waals surface area contributed by atoms with Gasteiger partial charge in [0.15, 0.2) is 19.7 Å². The standard InChI is InChI=1S/C14H13NO5S.C7H7ClO2S.C7H7NO3/c1-20-12-7-8-14(15(16)17)11(9-12)10-21(18,19)13-5-3-2-4-6-13;8-6-11(9,10)7-4-2-1-3-5-7;1-11-7-4-2-6(3-5-7)8(9)10/h2-9H,10H2,1H3;1-5H,6H2;2-5H,1H3. The fourth-order valence-electron chi connectivity index (χ4n) is 3.29. The number of halogens is 1. The van der Waals surface area contributed by atoms with Crippen LogP contribution in [0.15, 0.2) is 113 Å². The smallest absolute Gasteiger partial charge is 0.273 e. The molecule has 0 aliphatic carbocycles. The lowest BCUT2D eigenvalue weighted by atomic mass is 10.2. The molecule has 4 rings (SSSR count). The van der Waals surface area contributed by atoms with Gasteiger partial charge in [0.1, 0.15) is 16.7 Å². The molecule has 4 aromatic carbocycles. The number of non-ortho nitro benzene ring substituents is 1. The summed E-state index contributed by atoms with van der Waals surface area (Å²) in [6.07, 6.45) is 0. The molecule has 228 valence electrons. The summed E-state index contributed by atoms with van der Waals surface area (Å²) in [5.41, 5.74) is -0.0655. The van der Waals surface area contributed by atoms with E-state index in [0.29, 0.717) is 11.5 Å². The van der Waals surface area contributed by atoms with E-state index >= 15 is 0 Å². The highest BCUT2D eigenvalue weighted by Gasteiger charge is 2.22. The summed E-state index contributed by atoms with van der Waals surface area (Å²) in [5, 5.41) is 20.8. The van der Waals surface area contributed by atoms with Gasteiger partial charge in [0.05, 0.1) is 39.6 Å². The second kappa shape index (κ2) is 16.2. The lowest BCUT2D eigenvalue weighted by Gasteiger charge is -2.07. The topological polar surface area (TPSA) is 173 Å². The Kier molecular flexibility index (Phi) is 13.1. The average Bonchev–Trinajstić information content (AvgIpc) is 3.02. The number of nitro groups is 2. The van der Waals surface area contributed by atoms with Crippen LogP contribution in [0.5, 0.6) is 11.5 Å². The van der Waals surface area contributed by atoms with Crippen LogP contribution in [0.4, 0.5) is 11.4 Å². The van der Waals surface area contributed by atoms with E-state index in [-0.39, 0.29) is 31.9 Å². The molecule has 0 heterocycles. The molecular weight excluding hydrogens is 624 g/mol. The maximum Gasteiger partial charge on any atom is 0.273 e. The number of nitro benzene ring substituents is 2. The Morgan fingerprint density at radius 3 is 1.53 bits per heavy atom. The van der Waals surface area contributed by atoms with Crippen LogP contribution in [0.3, 0.4) is 0 Å².